The van der Waals surface area contributed by atoms with Crippen LogP contribution < -0.4 is 9.47 Å². The first kappa shape index (κ1) is 30.8. The van der Waals surface area contributed by atoms with E-state index in [9.17, 15) is 9.59 Å². The molecule has 0 saturated heterocycles. The average molecular weight is 577 g/mol. The van der Waals surface area contributed by atoms with Crippen molar-refractivity contribution in [3.05, 3.63) is 156 Å². The molecule has 0 radical (unpaired) electrons. The van der Waals surface area contributed by atoms with E-state index in [4.69, 9.17) is 18.9 Å². The monoisotopic (exact) mass is 576 g/mol. The summed E-state index contributed by atoms with van der Waals surface area (Å²) in [4.78, 5) is 23.3. The van der Waals surface area contributed by atoms with Crippen molar-refractivity contribution in [2.45, 2.75) is 19.3 Å². The summed E-state index contributed by atoms with van der Waals surface area (Å²) in [6, 6.07) is 36.7. The molecule has 0 aliphatic heterocycles. The molecule has 0 aliphatic carbocycles. The molecule has 43 heavy (non-hydrogen) atoms. The molecule has 4 aromatic carbocycles. The minimum absolute atomic E-state index is 0.135. The Hall–Kier alpha value is -5.10. The van der Waals surface area contributed by atoms with Crippen molar-refractivity contribution in [1.82, 2.24) is 0 Å². The first-order valence-corrected chi connectivity index (χ1v) is 14.1. The maximum atomic E-state index is 11.6. The summed E-state index contributed by atoms with van der Waals surface area (Å²) in [6.07, 6.45) is 0. The fraction of sp³-hybridized carbons (Fsp3) is 0.189. The van der Waals surface area contributed by atoms with Gasteiger partial charge in [-0.2, -0.15) is 0 Å². The van der Waals surface area contributed by atoms with E-state index in [1.165, 1.54) is 0 Å². The molecule has 0 N–H and O–H groups in total. The number of carbonyl (C=O) groups excluding carboxylic acids is 2. The highest BCUT2D eigenvalue weighted by Crippen LogP contribution is 2.45. The van der Waals surface area contributed by atoms with Crippen molar-refractivity contribution in [1.29, 1.82) is 0 Å². The smallest absolute Gasteiger partial charge is 0.333 e. The fourth-order valence-corrected chi connectivity index (χ4v) is 4.81. The zero-order valence-corrected chi connectivity index (χ0v) is 24.6. The van der Waals surface area contributed by atoms with Gasteiger partial charge in [0.05, 0.1) is 5.41 Å². The molecule has 220 valence electrons. The van der Waals surface area contributed by atoms with Gasteiger partial charge in [0.2, 0.25) is 0 Å². The number of rotatable bonds is 14. The Bertz CT molecular complexity index is 1410. The number of hydrogen-bond donors (Lipinski definition) is 0. The van der Waals surface area contributed by atoms with Crippen molar-refractivity contribution in [3.63, 3.8) is 0 Å². The molecule has 0 atom stereocenters. The molecule has 0 heterocycles. The van der Waals surface area contributed by atoms with Crippen LogP contribution in [0, 0.1) is 0 Å². The Morgan fingerprint density at radius 3 is 1.16 bits per heavy atom. The summed E-state index contributed by atoms with van der Waals surface area (Å²) < 4.78 is 22.0. The van der Waals surface area contributed by atoms with Crippen LogP contribution in [0.4, 0.5) is 0 Å². The topological polar surface area (TPSA) is 71.1 Å². The molecule has 0 aromatic heterocycles. The molecule has 0 aliphatic rings. The maximum absolute atomic E-state index is 11.6. The quantitative estimate of drug-likeness (QED) is 0.0692. The third-order valence-corrected chi connectivity index (χ3v) is 6.86. The van der Waals surface area contributed by atoms with E-state index < -0.39 is 17.4 Å². The molecule has 0 saturated carbocycles. The summed E-state index contributed by atoms with van der Waals surface area (Å²) >= 11 is 0. The lowest BCUT2D eigenvalue weighted by molar-refractivity contribution is -0.140. The Morgan fingerprint density at radius 2 is 0.837 bits per heavy atom. The predicted octanol–water partition coefficient (Wildman–Crippen LogP) is 7.07. The van der Waals surface area contributed by atoms with Gasteiger partial charge in [-0.25, -0.2) is 9.59 Å². The third kappa shape index (κ3) is 7.60. The Labute approximate surface area is 253 Å². The number of benzene rings is 4. The van der Waals surface area contributed by atoms with Crippen molar-refractivity contribution in [2.24, 2.45) is 0 Å². The Morgan fingerprint density at radius 1 is 0.512 bits per heavy atom. The van der Waals surface area contributed by atoms with Gasteiger partial charge in [0.25, 0.3) is 0 Å². The second-order valence-corrected chi connectivity index (χ2v) is 10.1. The SMILES string of the molecule is C=C(C)C(=O)OCCOc1ccc(C(c2ccccc2)(c2ccccc2)c2ccc(OCCOC(=O)C(=C)C)cc2)cc1. The average Bonchev–Trinajstić information content (AvgIpc) is 3.03. The first-order chi connectivity index (χ1) is 20.8. The van der Waals surface area contributed by atoms with Gasteiger partial charge in [-0.3, -0.25) is 0 Å². The van der Waals surface area contributed by atoms with Gasteiger partial charge in [-0.15, -0.1) is 0 Å². The van der Waals surface area contributed by atoms with Gasteiger partial charge < -0.3 is 18.9 Å². The molecule has 4 rings (SSSR count). The van der Waals surface area contributed by atoms with Gasteiger partial charge in [0, 0.05) is 11.1 Å². The van der Waals surface area contributed by atoms with Gasteiger partial charge in [-0.1, -0.05) is 98.1 Å². The number of carbonyl (C=O) groups is 2. The fourth-order valence-electron chi connectivity index (χ4n) is 4.81. The highest BCUT2D eigenvalue weighted by atomic mass is 16.6. The molecule has 0 amide bonds. The van der Waals surface area contributed by atoms with Gasteiger partial charge >= 0.3 is 11.9 Å². The van der Waals surface area contributed by atoms with Crippen LogP contribution in [0.25, 0.3) is 0 Å². The van der Waals surface area contributed by atoms with Crippen LogP contribution in [0.2, 0.25) is 0 Å². The first-order valence-electron chi connectivity index (χ1n) is 14.1. The lowest BCUT2D eigenvalue weighted by Gasteiger charge is -2.37. The van der Waals surface area contributed by atoms with Gasteiger partial charge in [0.1, 0.15) is 37.9 Å². The molecule has 0 fully saturated rings. The van der Waals surface area contributed by atoms with E-state index >= 15 is 0 Å². The summed E-state index contributed by atoms with van der Waals surface area (Å²) in [5.74, 6) is 0.469. The minimum Gasteiger partial charge on any atom is -0.490 e. The lowest BCUT2D eigenvalue weighted by Crippen LogP contribution is -2.31. The van der Waals surface area contributed by atoms with E-state index in [2.05, 4.69) is 61.7 Å². The van der Waals surface area contributed by atoms with Crippen molar-refractivity contribution in [2.75, 3.05) is 26.4 Å². The van der Waals surface area contributed by atoms with Crippen molar-refractivity contribution >= 4 is 11.9 Å². The van der Waals surface area contributed by atoms with E-state index in [-0.39, 0.29) is 26.4 Å². The third-order valence-electron chi connectivity index (χ3n) is 6.86. The Kier molecular flexibility index (Phi) is 10.5. The second kappa shape index (κ2) is 14.7. The molecular weight excluding hydrogens is 540 g/mol. The van der Waals surface area contributed by atoms with Gasteiger partial charge in [-0.05, 0) is 60.4 Å². The largest absolute Gasteiger partial charge is 0.490 e. The summed E-state index contributed by atoms with van der Waals surface area (Å²) in [5.41, 5.74) is 4.35. The van der Waals surface area contributed by atoms with Crippen LogP contribution >= 0.6 is 0 Å². The molecule has 6 nitrogen and oxygen atoms in total. The molecule has 0 bridgehead atoms. The highest BCUT2D eigenvalue weighted by molar-refractivity contribution is 5.87. The number of hydrogen-bond acceptors (Lipinski definition) is 6. The van der Waals surface area contributed by atoms with Crippen LogP contribution in [0.1, 0.15) is 36.1 Å². The van der Waals surface area contributed by atoms with Crippen molar-refractivity contribution < 1.29 is 28.5 Å². The molecule has 6 heteroatoms. The molecule has 0 unspecified atom stereocenters. The number of esters is 2. The van der Waals surface area contributed by atoms with Crippen LogP contribution in [0.5, 0.6) is 11.5 Å². The van der Waals surface area contributed by atoms with E-state index in [0.29, 0.717) is 22.6 Å². The van der Waals surface area contributed by atoms with Crippen molar-refractivity contribution in [3.8, 4) is 11.5 Å². The predicted molar refractivity (Wildman–Crippen MR) is 167 cm³/mol. The van der Waals surface area contributed by atoms with Crippen LogP contribution in [0.3, 0.4) is 0 Å². The van der Waals surface area contributed by atoms with E-state index in [1.54, 1.807) is 13.8 Å². The molecule has 4 aromatic rings. The maximum Gasteiger partial charge on any atom is 0.333 e. The standard InChI is InChI=1S/C37H36O6/c1-27(2)35(38)42-25-23-40-33-19-15-31(16-20-33)37(29-11-7-5-8-12-29,30-13-9-6-10-14-30)32-17-21-34(22-18-32)41-24-26-43-36(39)28(3)4/h5-22H,1,3,23-26H2,2,4H3. The second-order valence-electron chi connectivity index (χ2n) is 10.1. The van der Waals surface area contributed by atoms with Crippen LogP contribution in [-0.4, -0.2) is 38.4 Å². The zero-order chi connectivity index (χ0) is 30.7. The van der Waals surface area contributed by atoms with E-state index in [1.807, 2.05) is 60.7 Å². The summed E-state index contributed by atoms with van der Waals surface area (Å²) in [7, 11) is 0. The normalized spacial score (nSPS) is 10.8. The molecule has 0 spiro atoms. The minimum atomic E-state index is -0.645. The Balaban J connectivity index is 1.64. The van der Waals surface area contributed by atoms with Crippen LogP contribution in [0.15, 0.2) is 133 Å². The summed E-state index contributed by atoms with van der Waals surface area (Å²) in [6.45, 7) is 11.1. The number of ether oxygens (including phenoxy) is 4. The lowest BCUT2D eigenvalue weighted by atomic mass is 9.65. The summed E-state index contributed by atoms with van der Waals surface area (Å²) in [5, 5.41) is 0. The molecular formula is C37H36O6. The van der Waals surface area contributed by atoms with Gasteiger partial charge in [0.15, 0.2) is 0 Å². The highest BCUT2D eigenvalue weighted by Gasteiger charge is 2.38. The van der Waals surface area contributed by atoms with Crippen LogP contribution in [-0.2, 0) is 24.5 Å². The van der Waals surface area contributed by atoms with E-state index in [0.717, 1.165) is 22.3 Å². The zero-order valence-electron chi connectivity index (χ0n) is 24.6.